The minimum Gasteiger partial charge on any atom is -0.495 e. The van der Waals surface area contributed by atoms with E-state index in [0.29, 0.717) is 10.8 Å². The fraction of sp³-hybridized carbons (Fsp3) is 0.167. The molecule has 1 aromatic carbocycles. The average Bonchev–Trinajstić information content (AvgIpc) is 2.82. The van der Waals surface area contributed by atoms with Crippen molar-refractivity contribution in [1.29, 1.82) is 0 Å². The summed E-state index contributed by atoms with van der Waals surface area (Å²) in [6, 6.07) is 9.51. The average molecular weight is 290 g/mol. The molecule has 0 spiro atoms. The quantitative estimate of drug-likeness (QED) is 0.931. The van der Waals surface area contributed by atoms with Crippen LogP contribution in [0.2, 0.25) is 5.02 Å². The number of benzene rings is 1. The van der Waals surface area contributed by atoms with Crippen LogP contribution in [0, 0.1) is 0 Å². The predicted molar refractivity (Wildman–Crippen MR) is 75.6 cm³/mol. The fourth-order valence-electron chi connectivity index (χ4n) is 1.50. The summed E-state index contributed by atoms with van der Waals surface area (Å²) in [7, 11) is 1.60. The second-order valence-electron chi connectivity index (χ2n) is 3.39. The van der Waals surface area contributed by atoms with Crippen molar-refractivity contribution in [3.63, 3.8) is 0 Å². The lowest BCUT2D eigenvalue weighted by Crippen LogP contribution is -2.10. The SMILES string of the molecule is COc1cc([C@@H](N)c2cccs2)ccc1Cl.Cl. The van der Waals surface area contributed by atoms with Crippen LogP contribution in [0.15, 0.2) is 35.7 Å². The molecule has 92 valence electrons. The largest absolute Gasteiger partial charge is 0.495 e. The Balaban J connectivity index is 0.00000144. The van der Waals surface area contributed by atoms with Gasteiger partial charge in [-0.15, -0.1) is 23.7 Å². The lowest BCUT2D eigenvalue weighted by Gasteiger charge is -2.12. The highest BCUT2D eigenvalue weighted by molar-refractivity contribution is 7.10. The molecule has 5 heteroatoms. The second kappa shape index (κ2) is 6.26. The first-order chi connectivity index (χ1) is 7.72. The molecule has 1 aromatic heterocycles. The zero-order valence-corrected chi connectivity index (χ0v) is 11.6. The van der Waals surface area contributed by atoms with Crippen LogP contribution in [0.1, 0.15) is 16.5 Å². The molecule has 1 atom stereocenters. The van der Waals surface area contributed by atoms with Crippen molar-refractivity contribution in [2.24, 2.45) is 5.73 Å². The van der Waals surface area contributed by atoms with Crippen LogP contribution in [0.5, 0.6) is 5.75 Å². The Morgan fingerprint density at radius 3 is 2.71 bits per heavy atom. The number of thiophene rings is 1. The van der Waals surface area contributed by atoms with E-state index in [-0.39, 0.29) is 18.4 Å². The summed E-state index contributed by atoms with van der Waals surface area (Å²) < 4.78 is 5.17. The number of methoxy groups -OCH3 is 1. The van der Waals surface area contributed by atoms with E-state index in [1.54, 1.807) is 18.4 Å². The first-order valence-corrected chi connectivity index (χ1v) is 6.10. The molecule has 1 heterocycles. The Hall–Kier alpha value is -0.740. The van der Waals surface area contributed by atoms with E-state index in [4.69, 9.17) is 22.1 Å². The fourth-order valence-corrected chi connectivity index (χ4v) is 2.45. The van der Waals surface area contributed by atoms with Crippen LogP contribution in [-0.2, 0) is 0 Å². The summed E-state index contributed by atoms with van der Waals surface area (Å²) in [6.45, 7) is 0. The molecular formula is C12H13Cl2NOS. The minimum atomic E-state index is -0.119. The third kappa shape index (κ3) is 3.13. The van der Waals surface area contributed by atoms with Gasteiger partial charge in [-0.05, 0) is 29.1 Å². The van der Waals surface area contributed by atoms with Crippen molar-refractivity contribution in [3.05, 3.63) is 51.2 Å². The van der Waals surface area contributed by atoms with Gasteiger partial charge in [-0.1, -0.05) is 23.7 Å². The highest BCUT2D eigenvalue weighted by Crippen LogP contribution is 2.30. The molecule has 0 radical (unpaired) electrons. The van der Waals surface area contributed by atoms with Crippen LogP contribution in [0.3, 0.4) is 0 Å². The van der Waals surface area contributed by atoms with Gasteiger partial charge in [0.05, 0.1) is 18.2 Å². The maximum atomic E-state index is 6.15. The van der Waals surface area contributed by atoms with Crippen molar-refractivity contribution in [2.45, 2.75) is 6.04 Å². The Morgan fingerprint density at radius 2 is 2.12 bits per heavy atom. The lowest BCUT2D eigenvalue weighted by molar-refractivity contribution is 0.414. The summed E-state index contributed by atoms with van der Waals surface area (Å²) in [6.07, 6.45) is 0. The monoisotopic (exact) mass is 289 g/mol. The zero-order chi connectivity index (χ0) is 11.5. The molecule has 0 saturated carbocycles. The molecule has 17 heavy (non-hydrogen) atoms. The third-order valence-corrected chi connectivity index (χ3v) is 3.65. The molecule has 0 saturated heterocycles. The van der Waals surface area contributed by atoms with E-state index >= 15 is 0 Å². The van der Waals surface area contributed by atoms with Gasteiger partial charge in [0.25, 0.3) is 0 Å². The minimum absolute atomic E-state index is 0. The molecule has 0 aliphatic rings. The highest BCUT2D eigenvalue weighted by atomic mass is 35.5. The van der Waals surface area contributed by atoms with Gasteiger partial charge in [0.1, 0.15) is 5.75 Å². The van der Waals surface area contributed by atoms with Gasteiger partial charge >= 0.3 is 0 Å². The van der Waals surface area contributed by atoms with Gasteiger partial charge in [0.15, 0.2) is 0 Å². The Bertz CT molecular complexity index is 473. The molecule has 0 bridgehead atoms. The third-order valence-electron chi connectivity index (χ3n) is 2.38. The molecular weight excluding hydrogens is 277 g/mol. The molecule has 0 amide bonds. The van der Waals surface area contributed by atoms with E-state index in [1.807, 2.05) is 35.7 Å². The van der Waals surface area contributed by atoms with E-state index in [1.165, 1.54) is 0 Å². The molecule has 2 rings (SSSR count). The summed E-state index contributed by atoms with van der Waals surface area (Å²) in [4.78, 5) is 1.13. The Morgan fingerprint density at radius 1 is 1.35 bits per heavy atom. The van der Waals surface area contributed by atoms with E-state index < -0.39 is 0 Å². The van der Waals surface area contributed by atoms with Crippen LogP contribution in [0.4, 0.5) is 0 Å². The van der Waals surface area contributed by atoms with Crippen LogP contribution >= 0.6 is 35.3 Å². The molecule has 2 nitrogen and oxygen atoms in total. The zero-order valence-electron chi connectivity index (χ0n) is 9.22. The first kappa shape index (κ1) is 14.3. The first-order valence-electron chi connectivity index (χ1n) is 4.85. The van der Waals surface area contributed by atoms with Crippen molar-refractivity contribution in [3.8, 4) is 5.75 Å². The second-order valence-corrected chi connectivity index (χ2v) is 4.77. The molecule has 0 aliphatic heterocycles. The lowest BCUT2D eigenvalue weighted by atomic mass is 10.1. The normalized spacial score (nSPS) is 11.7. The highest BCUT2D eigenvalue weighted by Gasteiger charge is 2.11. The van der Waals surface area contributed by atoms with Crippen LogP contribution in [0.25, 0.3) is 0 Å². The smallest absolute Gasteiger partial charge is 0.137 e. The summed E-state index contributed by atoms with van der Waals surface area (Å²) in [5.41, 5.74) is 7.15. The maximum Gasteiger partial charge on any atom is 0.137 e. The van der Waals surface area contributed by atoms with Gasteiger partial charge < -0.3 is 10.5 Å². The van der Waals surface area contributed by atoms with Crippen molar-refractivity contribution in [1.82, 2.24) is 0 Å². The standard InChI is InChI=1S/C12H12ClNOS.ClH/c1-15-10-7-8(4-5-9(10)13)12(14)11-3-2-6-16-11;/h2-7,12H,14H2,1H3;1H/t12-;/m1./s1. The van der Waals surface area contributed by atoms with E-state index in [9.17, 15) is 0 Å². The van der Waals surface area contributed by atoms with Crippen molar-refractivity contribution < 1.29 is 4.74 Å². The molecule has 2 N–H and O–H groups in total. The van der Waals surface area contributed by atoms with Gasteiger partial charge in [0, 0.05) is 4.88 Å². The number of hydrogen-bond donors (Lipinski definition) is 1. The molecule has 0 aliphatic carbocycles. The van der Waals surface area contributed by atoms with Gasteiger partial charge in [-0.2, -0.15) is 0 Å². The number of rotatable bonds is 3. The van der Waals surface area contributed by atoms with Crippen molar-refractivity contribution >= 4 is 35.3 Å². The molecule has 0 unspecified atom stereocenters. The topological polar surface area (TPSA) is 35.2 Å². The van der Waals surface area contributed by atoms with Crippen molar-refractivity contribution in [2.75, 3.05) is 7.11 Å². The molecule has 0 fully saturated rings. The predicted octanol–water partition coefficient (Wildman–Crippen LogP) is 3.88. The maximum absolute atomic E-state index is 6.15. The van der Waals surface area contributed by atoms with Crippen LogP contribution in [-0.4, -0.2) is 7.11 Å². The van der Waals surface area contributed by atoms with Gasteiger partial charge in [-0.3, -0.25) is 0 Å². The Labute approximate surface area is 116 Å². The number of nitrogens with two attached hydrogens (primary N) is 1. The molecule has 2 aromatic rings. The summed E-state index contributed by atoms with van der Waals surface area (Å²) in [5.74, 6) is 0.658. The van der Waals surface area contributed by atoms with Gasteiger partial charge in [-0.25, -0.2) is 0 Å². The van der Waals surface area contributed by atoms with E-state index in [2.05, 4.69) is 0 Å². The number of ether oxygens (including phenoxy) is 1. The van der Waals surface area contributed by atoms with Gasteiger partial charge in [0.2, 0.25) is 0 Å². The summed E-state index contributed by atoms with van der Waals surface area (Å²) >= 11 is 7.61. The van der Waals surface area contributed by atoms with Crippen LogP contribution < -0.4 is 10.5 Å². The summed E-state index contributed by atoms with van der Waals surface area (Å²) in [5, 5.41) is 2.62. The number of hydrogen-bond acceptors (Lipinski definition) is 3. The number of halogens is 2. The Kier molecular flexibility index (Phi) is 5.28. The van der Waals surface area contributed by atoms with E-state index in [0.717, 1.165) is 10.4 Å².